The SMILES string of the molecule is CCNc1nc(NCC)nc(C(N)C2CCC(N(C)S(=O)(=O)c3cccc4cccnc34)CC2)n1. The Morgan fingerprint density at radius 3 is 2.26 bits per heavy atom. The molecule has 2 heterocycles. The number of fused-ring (bicyclic) bond motifs is 1. The standard InChI is InChI=1S/C24H34N8O2S/c1-4-26-23-29-22(30-24(31-23)27-5-2)20(25)16-11-13-18(14-12-16)32(3)35(33,34)19-10-6-8-17-9-7-15-28-21(17)19/h6-10,15-16,18,20H,4-5,11-14,25H2,1-3H3,(H2,26,27,29,30,31). The molecule has 1 saturated carbocycles. The van der Waals surface area contributed by atoms with Crippen molar-refractivity contribution in [2.75, 3.05) is 30.8 Å². The van der Waals surface area contributed by atoms with E-state index in [0.717, 1.165) is 31.1 Å². The van der Waals surface area contributed by atoms with Gasteiger partial charge in [-0.3, -0.25) is 4.98 Å². The highest BCUT2D eigenvalue weighted by Crippen LogP contribution is 2.36. The lowest BCUT2D eigenvalue weighted by atomic mass is 9.81. The number of sulfonamides is 1. The average molecular weight is 499 g/mol. The van der Waals surface area contributed by atoms with Crippen LogP contribution in [0.15, 0.2) is 41.4 Å². The normalized spacial score (nSPS) is 19.6. The molecular formula is C24H34N8O2S. The van der Waals surface area contributed by atoms with E-state index in [1.807, 2.05) is 32.0 Å². The number of nitrogens with one attached hydrogen (secondary N) is 2. The number of nitrogens with zero attached hydrogens (tertiary/aromatic N) is 5. The second-order valence-corrected chi connectivity index (χ2v) is 10.8. The molecule has 1 atom stereocenters. The highest BCUT2D eigenvalue weighted by Gasteiger charge is 2.35. The van der Waals surface area contributed by atoms with Gasteiger partial charge in [0.15, 0.2) is 5.82 Å². The van der Waals surface area contributed by atoms with E-state index in [9.17, 15) is 8.42 Å². The van der Waals surface area contributed by atoms with Gasteiger partial charge >= 0.3 is 0 Å². The number of aromatic nitrogens is 4. The van der Waals surface area contributed by atoms with Crippen LogP contribution < -0.4 is 16.4 Å². The molecule has 188 valence electrons. The van der Waals surface area contributed by atoms with E-state index in [1.165, 1.54) is 4.31 Å². The van der Waals surface area contributed by atoms with Gasteiger partial charge in [0.1, 0.15) is 4.90 Å². The number of pyridine rings is 1. The first-order chi connectivity index (χ1) is 16.8. The molecule has 1 aliphatic carbocycles. The lowest BCUT2D eigenvalue weighted by molar-refractivity contribution is 0.213. The number of hydrogen-bond donors (Lipinski definition) is 3. The third-order valence-corrected chi connectivity index (χ3v) is 8.58. The van der Waals surface area contributed by atoms with Gasteiger partial charge in [-0.25, -0.2) is 8.42 Å². The summed E-state index contributed by atoms with van der Waals surface area (Å²) in [4.78, 5) is 18.0. The fourth-order valence-corrected chi connectivity index (χ4v) is 6.27. The van der Waals surface area contributed by atoms with Gasteiger partial charge < -0.3 is 16.4 Å². The number of benzene rings is 1. The third-order valence-electron chi connectivity index (χ3n) is 6.64. The quantitative estimate of drug-likeness (QED) is 0.406. The van der Waals surface area contributed by atoms with E-state index in [-0.39, 0.29) is 22.9 Å². The molecule has 0 amide bonds. The molecule has 1 fully saturated rings. The third kappa shape index (κ3) is 5.36. The summed E-state index contributed by atoms with van der Waals surface area (Å²) >= 11 is 0. The van der Waals surface area contributed by atoms with Gasteiger partial charge in [-0.1, -0.05) is 18.2 Å². The predicted octanol–water partition coefficient (Wildman–Crippen LogP) is 3.16. The Kier molecular flexibility index (Phi) is 7.78. The second-order valence-electron chi connectivity index (χ2n) is 8.85. The van der Waals surface area contributed by atoms with Crippen LogP contribution in [-0.2, 0) is 10.0 Å². The maximum absolute atomic E-state index is 13.5. The van der Waals surface area contributed by atoms with Gasteiger partial charge in [-0.15, -0.1) is 0 Å². The second kappa shape index (κ2) is 10.8. The molecule has 1 aromatic carbocycles. The number of rotatable bonds is 9. The Labute approximate surface area is 206 Å². The van der Waals surface area contributed by atoms with Crippen LogP contribution in [0.3, 0.4) is 0 Å². The molecule has 4 N–H and O–H groups in total. The Hall–Kier alpha value is -2.89. The predicted molar refractivity (Wildman–Crippen MR) is 138 cm³/mol. The van der Waals surface area contributed by atoms with E-state index in [2.05, 4.69) is 30.6 Å². The van der Waals surface area contributed by atoms with Crippen molar-refractivity contribution in [2.24, 2.45) is 11.7 Å². The van der Waals surface area contributed by atoms with Crippen molar-refractivity contribution in [1.82, 2.24) is 24.2 Å². The maximum Gasteiger partial charge on any atom is 0.245 e. The van der Waals surface area contributed by atoms with Crippen molar-refractivity contribution in [3.05, 3.63) is 42.4 Å². The fraction of sp³-hybridized carbons (Fsp3) is 0.500. The van der Waals surface area contributed by atoms with Crippen molar-refractivity contribution in [3.8, 4) is 0 Å². The van der Waals surface area contributed by atoms with Crippen LogP contribution in [0.4, 0.5) is 11.9 Å². The highest BCUT2D eigenvalue weighted by molar-refractivity contribution is 7.89. The van der Waals surface area contributed by atoms with E-state index >= 15 is 0 Å². The summed E-state index contributed by atoms with van der Waals surface area (Å²) in [5.74, 6) is 1.73. The molecule has 0 saturated heterocycles. The summed E-state index contributed by atoms with van der Waals surface area (Å²) in [7, 11) is -2.02. The van der Waals surface area contributed by atoms with Gasteiger partial charge in [0, 0.05) is 37.8 Å². The Morgan fingerprint density at radius 2 is 1.63 bits per heavy atom. The van der Waals surface area contributed by atoms with Crippen molar-refractivity contribution in [3.63, 3.8) is 0 Å². The molecular weight excluding hydrogens is 464 g/mol. The highest BCUT2D eigenvalue weighted by atomic mass is 32.2. The first kappa shape index (κ1) is 25.2. The monoisotopic (exact) mass is 498 g/mol. The molecule has 0 aliphatic heterocycles. The molecule has 1 aliphatic rings. The van der Waals surface area contributed by atoms with E-state index in [1.54, 1.807) is 25.4 Å². The molecule has 1 unspecified atom stereocenters. The average Bonchev–Trinajstić information content (AvgIpc) is 2.88. The van der Waals surface area contributed by atoms with Crippen molar-refractivity contribution in [2.45, 2.75) is 56.5 Å². The van der Waals surface area contributed by atoms with E-state index in [4.69, 9.17) is 5.73 Å². The maximum atomic E-state index is 13.5. The van der Waals surface area contributed by atoms with Crippen molar-refractivity contribution in [1.29, 1.82) is 0 Å². The molecule has 4 rings (SSSR count). The summed E-state index contributed by atoms with van der Waals surface area (Å²) < 4.78 is 28.5. The summed E-state index contributed by atoms with van der Waals surface area (Å²) in [6, 6.07) is 8.50. The minimum atomic E-state index is -3.69. The number of anilines is 2. The molecule has 35 heavy (non-hydrogen) atoms. The van der Waals surface area contributed by atoms with Gasteiger partial charge in [0.2, 0.25) is 21.9 Å². The van der Waals surface area contributed by atoms with Crippen LogP contribution >= 0.6 is 0 Å². The van der Waals surface area contributed by atoms with Gasteiger partial charge in [0.05, 0.1) is 11.6 Å². The molecule has 0 spiro atoms. The molecule has 11 heteroatoms. The minimum absolute atomic E-state index is 0.101. The van der Waals surface area contributed by atoms with Crippen molar-refractivity contribution < 1.29 is 8.42 Å². The van der Waals surface area contributed by atoms with Gasteiger partial charge in [-0.2, -0.15) is 19.3 Å². The van der Waals surface area contributed by atoms with Gasteiger partial charge in [-0.05, 0) is 57.6 Å². The zero-order valence-electron chi connectivity index (χ0n) is 20.5. The topological polar surface area (TPSA) is 139 Å². The van der Waals surface area contributed by atoms with Crippen LogP contribution in [0.5, 0.6) is 0 Å². The smallest absolute Gasteiger partial charge is 0.245 e. The zero-order valence-corrected chi connectivity index (χ0v) is 21.3. The Balaban J connectivity index is 1.47. The Morgan fingerprint density at radius 1 is 1.00 bits per heavy atom. The largest absolute Gasteiger partial charge is 0.354 e. The van der Waals surface area contributed by atoms with Crippen molar-refractivity contribution >= 4 is 32.8 Å². The van der Waals surface area contributed by atoms with E-state index in [0.29, 0.717) is 36.3 Å². The van der Waals surface area contributed by atoms with E-state index < -0.39 is 10.0 Å². The molecule has 2 aromatic heterocycles. The molecule has 3 aromatic rings. The van der Waals surface area contributed by atoms with Crippen LogP contribution in [0.2, 0.25) is 0 Å². The fourth-order valence-electron chi connectivity index (χ4n) is 4.69. The first-order valence-electron chi connectivity index (χ1n) is 12.2. The lowest BCUT2D eigenvalue weighted by Gasteiger charge is -2.35. The van der Waals surface area contributed by atoms with Crippen LogP contribution in [-0.4, -0.2) is 58.8 Å². The minimum Gasteiger partial charge on any atom is -0.354 e. The van der Waals surface area contributed by atoms with Crippen LogP contribution in [0.1, 0.15) is 51.4 Å². The first-order valence-corrected chi connectivity index (χ1v) is 13.6. The molecule has 0 bridgehead atoms. The number of para-hydroxylation sites is 1. The summed E-state index contributed by atoms with van der Waals surface area (Å²) in [5, 5.41) is 7.08. The summed E-state index contributed by atoms with van der Waals surface area (Å²) in [6.07, 6.45) is 4.64. The molecule has 10 nitrogen and oxygen atoms in total. The molecule has 0 radical (unpaired) electrons. The lowest BCUT2D eigenvalue weighted by Crippen LogP contribution is -2.41. The number of hydrogen-bond acceptors (Lipinski definition) is 9. The summed E-state index contributed by atoms with van der Waals surface area (Å²) in [5.41, 5.74) is 7.11. The van der Waals surface area contributed by atoms with Gasteiger partial charge in [0.25, 0.3) is 0 Å². The van der Waals surface area contributed by atoms with Crippen LogP contribution in [0, 0.1) is 5.92 Å². The number of nitrogens with two attached hydrogens (primary N) is 1. The summed E-state index contributed by atoms with van der Waals surface area (Å²) in [6.45, 7) is 5.36. The Bertz CT molecular complexity index is 1230. The zero-order chi connectivity index (χ0) is 25.0. The van der Waals surface area contributed by atoms with Crippen LogP contribution in [0.25, 0.3) is 10.9 Å².